The summed E-state index contributed by atoms with van der Waals surface area (Å²) in [6.45, 7) is 0.992. The molecule has 2 aliphatic rings. The monoisotopic (exact) mass is 447 g/mol. The van der Waals surface area contributed by atoms with E-state index in [1.165, 1.54) is 16.4 Å². The number of halogens is 1. The van der Waals surface area contributed by atoms with E-state index in [1.54, 1.807) is 41.3 Å². The van der Waals surface area contributed by atoms with E-state index in [0.717, 1.165) is 12.8 Å². The molecule has 1 saturated heterocycles. The maximum atomic E-state index is 12.9. The third kappa shape index (κ3) is 4.50. The molecule has 0 unspecified atom stereocenters. The fourth-order valence-electron chi connectivity index (χ4n) is 3.41. The lowest BCUT2D eigenvalue weighted by Gasteiger charge is -2.34. The second-order valence-electron chi connectivity index (χ2n) is 7.50. The summed E-state index contributed by atoms with van der Waals surface area (Å²) < 4.78 is 27.0. The molecule has 30 heavy (non-hydrogen) atoms. The van der Waals surface area contributed by atoms with Crippen molar-refractivity contribution < 1.29 is 18.0 Å². The molecule has 9 heteroatoms. The van der Waals surface area contributed by atoms with E-state index in [1.807, 2.05) is 0 Å². The number of amides is 2. The highest BCUT2D eigenvalue weighted by Crippen LogP contribution is 2.30. The minimum absolute atomic E-state index is 0.0144. The topological polar surface area (TPSA) is 86.8 Å². The van der Waals surface area contributed by atoms with Gasteiger partial charge in [0.2, 0.25) is 15.9 Å². The lowest BCUT2D eigenvalue weighted by Crippen LogP contribution is -2.50. The number of anilines is 1. The molecule has 1 aliphatic carbocycles. The molecule has 2 aromatic rings. The first-order valence-corrected chi connectivity index (χ1v) is 11.6. The van der Waals surface area contributed by atoms with Crippen molar-refractivity contribution in [2.45, 2.75) is 17.7 Å². The molecule has 1 aliphatic heterocycles. The van der Waals surface area contributed by atoms with Gasteiger partial charge in [-0.3, -0.25) is 9.59 Å². The Balaban J connectivity index is 1.40. The average molecular weight is 448 g/mol. The van der Waals surface area contributed by atoms with Crippen molar-refractivity contribution in [2.75, 3.05) is 31.5 Å². The zero-order valence-corrected chi connectivity index (χ0v) is 17.8. The third-order valence-corrected chi connectivity index (χ3v) is 7.41. The molecule has 4 rings (SSSR count). The van der Waals surface area contributed by atoms with Crippen LogP contribution in [0.5, 0.6) is 0 Å². The second-order valence-corrected chi connectivity index (χ2v) is 9.87. The summed E-state index contributed by atoms with van der Waals surface area (Å²) in [5, 5.41) is 3.20. The van der Waals surface area contributed by atoms with Crippen LogP contribution in [0.25, 0.3) is 0 Å². The number of carbonyl (C=O) groups excluding carboxylic acids is 2. The number of carbonyl (C=O) groups is 2. The van der Waals surface area contributed by atoms with Gasteiger partial charge < -0.3 is 10.2 Å². The van der Waals surface area contributed by atoms with Gasteiger partial charge in [-0.2, -0.15) is 4.31 Å². The van der Waals surface area contributed by atoms with Gasteiger partial charge in [0.05, 0.1) is 4.90 Å². The molecule has 1 saturated carbocycles. The van der Waals surface area contributed by atoms with Crippen LogP contribution in [0.1, 0.15) is 23.2 Å². The highest BCUT2D eigenvalue weighted by molar-refractivity contribution is 7.89. The Morgan fingerprint density at radius 1 is 0.967 bits per heavy atom. The van der Waals surface area contributed by atoms with Crippen LogP contribution in [0.15, 0.2) is 53.4 Å². The van der Waals surface area contributed by atoms with Crippen LogP contribution in [0, 0.1) is 5.92 Å². The van der Waals surface area contributed by atoms with Crippen LogP contribution < -0.4 is 5.32 Å². The molecule has 0 atom stereocenters. The van der Waals surface area contributed by atoms with Gasteiger partial charge in [0.15, 0.2) is 0 Å². The summed E-state index contributed by atoms with van der Waals surface area (Å²) in [6.07, 6.45) is 1.82. The van der Waals surface area contributed by atoms with E-state index in [2.05, 4.69) is 5.32 Å². The Bertz CT molecular complexity index is 1080. The maximum absolute atomic E-state index is 12.9. The Kier molecular flexibility index (Phi) is 5.81. The molecule has 1 N–H and O–H groups in total. The third-order valence-electron chi connectivity index (χ3n) is 5.28. The molecule has 2 fully saturated rings. The molecule has 0 bridgehead atoms. The number of sulfonamides is 1. The van der Waals surface area contributed by atoms with Crippen LogP contribution >= 0.6 is 11.6 Å². The fourth-order valence-corrected chi connectivity index (χ4v) is 5.13. The Labute approximate surface area is 180 Å². The largest absolute Gasteiger partial charge is 0.336 e. The lowest BCUT2D eigenvalue weighted by molar-refractivity contribution is -0.117. The second kappa shape index (κ2) is 8.37. The summed E-state index contributed by atoms with van der Waals surface area (Å²) in [7, 11) is -3.66. The summed E-state index contributed by atoms with van der Waals surface area (Å²) >= 11 is 5.93. The zero-order chi connectivity index (χ0) is 21.3. The fraction of sp³-hybridized carbons (Fsp3) is 0.333. The van der Waals surface area contributed by atoms with Gasteiger partial charge in [-0.05, 0) is 49.2 Å². The quantitative estimate of drug-likeness (QED) is 0.763. The summed E-state index contributed by atoms with van der Waals surface area (Å²) in [5.74, 6) is -0.115. The van der Waals surface area contributed by atoms with E-state index in [-0.39, 0.29) is 48.8 Å². The molecule has 1 heterocycles. The van der Waals surface area contributed by atoms with Crippen LogP contribution in [0.4, 0.5) is 5.69 Å². The molecular formula is C21H22ClN3O4S. The van der Waals surface area contributed by atoms with Gasteiger partial charge in [-0.25, -0.2) is 8.42 Å². The van der Waals surface area contributed by atoms with Crippen molar-refractivity contribution in [3.05, 3.63) is 59.1 Å². The van der Waals surface area contributed by atoms with Crippen molar-refractivity contribution in [2.24, 2.45) is 5.92 Å². The number of hydrogen-bond donors (Lipinski definition) is 1. The number of piperazine rings is 1. The van der Waals surface area contributed by atoms with Crippen LogP contribution in [0.3, 0.4) is 0 Å². The number of hydrogen-bond acceptors (Lipinski definition) is 4. The van der Waals surface area contributed by atoms with E-state index >= 15 is 0 Å². The van der Waals surface area contributed by atoms with Crippen molar-refractivity contribution in [1.29, 1.82) is 0 Å². The van der Waals surface area contributed by atoms with E-state index in [4.69, 9.17) is 11.6 Å². The molecule has 0 radical (unpaired) electrons. The molecule has 0 aromatic heterocycles. The predicted molar refractivity (Wildman–Crippen MR) is 114 cm³/mol. The first-order chi connectivity index (χ1) is 14.3. The molecule has 158 valence electrons. The van der Waals surface area contributed by atoms with Crippen molar-refractivity contribution >= 4 is 39.1 Å². The van der Waals surface area contributed by atoms with E-state index < -0.39 is 10.0 Å². The number of nitrogens with one attached hydrogen (secondary N) is 1. The minimum atomic E-state index is -3.66. The lowest BCUT2D eigenvalue weighted by atomic mass is 10.1. The highest BCUT2D eigenvalue weighted by Gasteiger charge is 2.31. The normalized spacial score (nSPS) is 17.6. The van der Waals surface area contributed by atoms with Crippen LogP contribution in [-0.2, 0) is 14.8 Å². The first-order valence-electron chi connectivity index (χ1n) is 9.80. The maximum Gasteiger partial charge on any atom is 0.254 e. The Hall–Kier alpha value is -2.42. The smallest absolute Gasteiger partial charge is 0.254 e. The van der Waals surface area contributed by atoms with E-state index in [9.17, 15) is 18.0 Å². The molecular weight excluding hydrogens is 426 g/mol. The number of benzene rings is 2. The van der Waals surface area contributed by atoms with Gasteiger partial charge in [-0.1, -0.05) is 23.7 Å². The van der Waals surface area contributed by atoms with Gasteiger partial charge >= 0.3 is 0 Å². The average Bonchev–Trinajstić information content (AvgIpc) is 3.59. The van der Waals surface area contributed by atoms with Crippen molar-refractivity contribution in [3.63, 3.8) is 0 Å². The van der Waals surface area contributed by atoms with Crippen LogP contribution in [-0.4, -0.2) is 55.6 Å². The SMILES string of the molecule is O=C(Nc1cccc(C(=O)N2CCN(S(=O)(=O)c3cccc(Cl)c3)CC2)c1)C1CC1. The van der Waals surface area contributed by atoms with Gasteiger partial charge in [0.25, 0.3) is 5.91 Å². The molecule has 0 spiro atoms. The summed E-state index contributed by atoms with van der Waals surface area (Å²) in [5.41, 5.74) is 1.06. The summed E-state index contributed by atoms with van der Waals surface area (Å²) in [6, 6.07) is 13.0. The van der Waals surface area contributed by atoms with Crippen molar-refractivity contribution in [1.82, 2.24) is 9.21 Å². The molecule has 2 aromatic carbocycles. The van der Waals surface area contributed by atoms with Gasteiger partial charge in [0, 0.05) is 48.4 Å². The summed E-state index contributed by atoms with van der Waals surface area (Å²) in [4.78, 5) is 26.6. The highest BCUT2D eigenvalue weighted by atomic mass is 35.5. The Morgan fingerprint density at radius 2 is 1.67 bits per heavy atom. The minimum Gasteiger partial charge on any atom is -0.336 e. The van der Waals surface area contributed by atoms with Gasteiger partial charge in [-0.15, -0.1) is 0 Å². The standard InChI is InChI=1S/C21H22ClN3O4S/c22-17-4-2-6-19(14-17)30(28,29)25-11-9-24(10-12-25)21(27)16-3-1-5-18(13-16)23-20(26)15-7-8-15/h1-6,13-15H,7-12H2,(H,23,26). The molecule has 2 amide bonds. The van der Waals surface area contributed by atoms with E-state index in [0.29, 0.717) is 16.3 Å². The Morgan fingerprint density at radius 3 is 2.33 bits per heavy atom. The number of nitrogens with zero attached hydrogens (tertiary/aromatic N) is 2. The van der Waals surface area contributed by atoms with Gasteiger partial charge in [0.1, 0.15) is 0 Å². The first kappa shape index (κ1) is 20.8. The zero-order valence-electron chi connectivity index (χ0n) is 16.3. The number of rotatable bonds is 5. The van der Waals surface area contributed by atoms with Crippen molar-refractivity contribution in [3.8, 4) is 0 Å². The predicted octanol–water partition coefficient (Wildman–Crippen LogP) is 2.84. The molecule has 7 nitrogen and oxygen atoms in total. The van der Waals surface area contributed by atoms with Crippen LogP contribution in [0.2, 0.25) is 5.02 Å².